The van der Waals surface area contributed by atoms with Gasteiger partial charge in [0.05, 0.1) is 0 Å². The summed E-state index contributed by atoms with van der Waals surface area (Å²) in [4.78, 5) is 26.8. The molecule has 0 saturated heterocycles. The van der Waals surface area contributed by atoms with Crippen molar-refractivity contribution in [1.29, 1.82) is 0 Å². The lowest BCUT2D eigenvalue weighted by Gasteiger charge is -2.37. The average Bonchev–Trinajstić information content (AvgIpc) is 2.60. The highest BCUT2D eigenvalue weighted by atomic mass is 16.4. The lowest BCUT2D eigenvalue weighted by atomic mass is 9.90. The Hall–Kier alpha value is -2.34. The Morgan fingerprint density at radius 3 is 2.83 bits per heavy atom. The number of hydrogen-bond donors (Lipinski definition) is 2. The van der Waals surface area contributed by atoms with Gasteiger partial charge in [-0.05, 0) is 43.4 Å². The molecule has 2 aliphatic rings. The monoisotopic (exact) mass is 327 g/mol. The van der Waals surface area contributed by atoms with Crippen molar-refractivity contribution in [2.24, 2.45) is 5.73 Å². The Labute approximate surface area is 139 Å². The predicted molar refractivity (Wildman–Crippen MR) is 92.7 cm³/mol. The molecule has 0 atom stereocenters. The number of anilines is 1. The molecule has 1 aromatic carbocycles. The van der Waals surface area contributed by atoms with E-state index in [1.165, 1.54) is 11.3 Å². The maximum absolute atomic E-state index is 12.3. The minimum absolute atomic E-state index is 0.0478. The highest BCUT2D eigenvalue weighted by Gasteiger charge is 2.27. The zero-order valence-electron chi connectivity index (χ0n) is 13.6. The van der Waals surface area contributed by atoms with Gasteiger partial charge in [0, 0.05) is 42.8 Å². The van der Waals surface area contributed by atoms with Crippen LogP contribution < -0.4 is 21.6 Å². The van der Waals surface area contributed by atoms with Crippen LogP contribution in [0.3, 0.4) is 0 Å². The molecule has 2 aromatic rings. The molecule has 2 aliphatic heterocycles. The maximum Gasteiger partial charge on any atom is 0.349 e. The molecule has 1 aromatic heterocycles. The van der Waals surface area contributed by atoms with Crippen LogP contribution in [0.1, 0.15) is 34.3 Å². The van der Waals surface area contributed by atoms with Gasteiger partial charge in [-0.1, -0.05) is 0 Å². The summed E-state index contributed by atoms with van der Waals surface area (Å²) < 4.78 is 5.59. The SMILES string of the molecule is NCCNC(=O)c1cc2cc3c4c(c2oc1=O)CCCN4CCC3. The van der Waals surface area contributed by atoms with Crippen LogP contribution in [0.4, 0.5) is 5.69 Å². The first-order chi connectivity index (χ1) is 11.7. The summed E-state index contributed by atoms with van der Waals surface area (Å²) in [6.45, 7) is 2.80. The number of carbonyl (C=O) groups is 1. The van der Waals surface area contributed by atoms with E-state index < -0.39 is 11.5 Å². The van der Waals surface area contributed by atoms with Gasteiger partial charge in [-0.2, -0.15) is 0 Å². The number of amides is 1. The van der Waals surface area contributed by atoms with Crippen LogP contribution in [0.2, 0.25) is 0 Å². The zero-order chi connectivity index (χ0) is 16.7. The minimum atomic E-state index is -0.582. The smallest absolute Gasteiger partial charge is 0.349 e. The fraction of sp³-hybridized carbons (Fsp3) is 0.444. The van der Waals surface area contributed by atoms with Gasteiger partial charge in [0.1, 0.15) is 11.1 Å². The third kappa shape index (κ3) is 2.38. The summed E-state index contributed by atoms with van der Waals surface area (Å²) in [5.74, 6) is -0.427. The normalized spacial score (nSPS) is 16.1. The fourth-order valence-corrected chi connectivity index (χ4v) is 3.89. The third-order valence-corrected chi connectivity index (χ3v) is 4.89. The molecule has 0 fully saturated rings. The van der Waals surface area contributed by atoms with Crippen LogP contribution in [0, 0.1) is 0 Å². The molecule has 0 saturated carbocycles. The molecule has 0 aliphatic carbocycles. The summed E-state index contributed by atoms with van der Waals surface area (Å²) in [6, 6.07) is 3.74. The standard InChI is InChI=1S/C18H21N3O3/c19-5-6-20-17(22)14-10-12-9-11-3-1-7-21-8-2-4-13(15(11)21)16(12)24-18(14)23/h9-10H,1-8,19H2,(H,20,22). The van der Waals surface area contributed by atoms with E-state index >= 15 is 0 Å². The predicted octanol–water partition coefficient (Wildman–Crippen LogP) is 1.18. The Morgan fingerprint density at radius 2 is 2.04 bits per heavy atom. The summed E-state index contributed by atoms with van der Waals surface area (Å²) in [7, 11) is 0. The quantitative estimate of drug-likeness (QED) is 0.827. The van der Waals surface area contributed by atoms with Gasteiger partial charge >= 0.3 is 5.63 Å². The molecule has 6 heteroatoms. The van der Waals surface area contributed by atoms with Crippen molar-refractivity contribution in [2.45, 2.75) is 25.7 Å². The van der Waals surface area contributed by atoms with Crippen molar-refractivity contribution in [2.75, 3.05) is 31.1 Å². The number of hydrogen-bond acceptors (Lipinski definition) is 5. The highest BCUT2D eigenvalue weighted by molar-refractivity contribution is 5.98. The van der Waals surface area contributed by atoms with Gasteiger partial charge in [-0.3, -0.25) is 4.79 Å². The first-order valence-corrected chi connectivity index (χ1v) is 8.55. The molecule has 126 valence electrons. The van der Waals surface area contributed by atoms with E-state index in [1.807, 2.05) is 0 Å². The van der Waals surface area contributed by atoms with Crippen LogP contribution in [0.5, 0.6) is 0 Å². The van der Waals surface area contributed by atoms with Gasteiger partial charge in [0.15, 0.2) is 0 Å². The number of aryl methyl sites for hydroxylation is 2. The Kier molecular flexibility index (Phi) is 3.76. The van der Waals surface area contributed by atoms with E-state index in [1.54, 1.807) is 6.07 Å². The molecule has 3 heterocycles. The number of nitrogens with two attached hydrogens (primary N) is 1. The van der Waals surface area contributed by atoms with E-state index in [-0.39, 0.29) is 5.56 Å². The Morgan fingerprint density at radius 1 is 1.25 bits per heavy atom. The summed E-state index contributed by atoms with van der Waals surface area (Å²) >= 11 is 0. The number of rotatable bonds is 3. The minimum Gasteiger partial charge on any atom is -0.422 e. The topological polar surface area (TPSA) is 88.6 Å². The van der Waals surface area contributed by atoms with E-state index in [4.69, 9.17) is 10.2 Å². The van der Waals surface area contributed by atoms with Crippen molar-refractivity contribution < 1.29 is 9.21 Å². The second-order valence-electron chi connectivity index (χ2n) is 6.47. The van der Waals surface area contributed by atoms with Gasteiger partial charge < -0.3 is 20.4 Å². The third-order valence-electron chi connectivity index (χ3n) is 4.89. The summed E-state index contributed by atoms with van der Waals surface area (Å²) in [6.07, 6.45) is 4.15. The Bertz CT molecular complexity index is 870. The molecule has 0 radical (unpaired) electrons. The van der Waals surface area contributed by atoms with Crippen LogP contribution in [-0.4, -0.2) is 32.1 Å². The van der Waals surface area contributed by atoms with Crippen molar-refractivity contribution in [3.05, 3.63) is 39.2 Å². The molecular formula is C18H21N3O3. The van der Waals surface area contributed by atoms with Crippen molar-refractivity contribution in [3.8, 4) is 0 Å². The molecule has 6 nitrogen and oxygen atoms in total. The van der Waals surface area contributed by atoms with Gasteiger partial charge in [0.25, 0.3) is 5.91 Å². The average molecular weight is 327 g/mol. The van der Waals surface area contributed by atoms with E-state index in [0.717, 1.165) is 49.7 Å². The molecule has 0 spiro atoms. The zero-order valence-corrected chi connectivity index (χ0v) is 13.6. The number of nitrogens with zero attached hydrogens (tertiary/aromatic N) is 1. The van der Waals surface area contributed by atoms with Crippen molar-refractivity contribution in [1.82, 2.24) is 5.32 Å². The van der Waals surface area contributed by atoms with Gasteiger partial charge in [-0.25, -0.2) is 4.79 Å². The largest absolute Gasteiger partial charge is 0.422 e. The highest BCUT2D eigenvalue weighted by Crippen LogP contribution is 2.39. The molecule has 24 heavy (non-hydrogen) atoms. The van der Waals surface area contributed by atoms with Crippen molar-refractivity contribution >= 4 is 22.6 Å². The van der Waals surface area contributed by atoms with Gasteiger partial charge in [-0.15, -0.1) is 0 Å². The van der Waals surface area contributed by atoms with Crippen molar-refractivity contribution in [3.63, 3.8) is 0 Å². The lowest BCUT2D eigenvalue weighted by Crippen LogP contribution is -2.35. The second kappa shape index (κ2) is 5.94. The first-order valence-electron chi connectivity index (χ1n) is 8.55. The fourth-order valence-electron chi connectivity index (χ4n) is 3.89. The lowest BCUT2D eigenvalue weighted by molar-refractivity contribution is 0.0951. The number of carbonyl (C=O) groups excluding carboxylic acids is 1. The van der Waals surface area contributed by atoms with Crippen LogP contribution >= 0.6 is 0 Å². The number of benzene rings is 1. The van der Waals surface area contributed by atoms with Gasteiger partial charge in [0.2, 0.25) is 0 Å². The van der Waals surface area contributed by atoms with E-state index in [0.29, 0.717) is 18.7 Å². The van der Waals surface area contributed by atoms with Crippen LogP contribution in [0.15, 0.2) is 21.3 Å². The number of nitrogens with one attached hydrogen (secondary N) is 1. The number of fused-ring (bicyclic) bond motifs is 2. The molecule has 4 rings (SSSR count). The van der Waals surface area contributed by atoms with Crippen LogP contribution in [-0.2, 0) is 12.8 Å². The maximum atomic E-state index is 12.3. The molecule has 0 unspecified atom stereocenters. The van der Waals surface area contributed by atoms with E-state index in [9.17, 15) is 9.59 Å². The van der Waals surface area contributed by atoms with E-state index in [2.05, 4.69) is 16.3 Å². The Balaban J connectivity index is 1.88. The molecule has 1 amide bonds. The summed E-state index contributed by atoms with van der Waals surface area (Å²) in [5.41, 5.74) is 9.18. The van der Waals surface area contributed by atoms with Crippen LogP contribution in [0.25, 0.3) is 11.0 Å². The first kappa shape index (κ1) is 15.2. The molecular weight excluding hydrogens is 306 g/mol. The second-order valence-corrected chi connectivity index (χ2v) is 6.47. The molecule has 3 N–H and O–H groups in total. The molecule has 0 bridgehead atoms. The summed E-state index contributed by atoms with van der Waals surface area (Å²) in [5, 5.41) is 3.47.